The molecule has 0 unspecified atom stereocenters. The number of nitrogens with zero attached hydrogens (tertiary/aromatic N) is 1. The number of nitrogens with one attached hydrogen (secondary N) is 2. The quantitative estimate of drug-likeness (QED) is 0.492. The topological polar surface area (TPSA) is 84.3 Å². The Morgan fingerprint density at radius 2 is 2.10 bits per heavy atom. The summed E-state index contributed by atoms with van der Waals surface area (Å²) in [5.41, 5.74) is 0.931. The van der Waals surface area contributed by atoms with Gasteiger partial charge in [0.15, 0.2) is 0 Å². The second-order valence-electron chi connectivity index (χ2n) is 5.13. The monoisotopic (exact) mass is 273 g/mol. The van der Waals surface area contributed by atoms with E-state index in [1.54, 1.807) is 6.07 Å². The van der Waals surface area contributed by atoms with Crippen LogP contribution in [0.25, 0.3) is 0 Å². The van der Waals surface area contributed by atoms with Crippen LogP contribution in [-0.4, -0.2) is 17.0 Å². The number of hydrogen-bond acceptors (Lipinski definition) is 4. The van der Waals surface area contributed by atoms with Crippen molar-refractivity contribution in [3.05, 3.63) is 46.0 Å². The molecule has 1 aliphatic carbocycles. The van der Waals surface area contributed by atoms with Crippen LogP contribution in [0.4, 0.5) is 11.4 Å². The van der Waals surface area contributed by atoms with Crippen molar-refractivity contribution in [3.63, 3.8) is 0 Å². The fraction of sp³-hybridized carbons (Fsp3) is 0.357. The molecule has 6 heteroatoms. The van der Waals surface area contributed by atoms with Gasteiger partial charge in [-0.2, -0.15) is 0 Å². The first kappa shape index (κ1) is 12.7. The number of nitro groups is 1. The zero-order valence-electron chi connectivity index (χ0n) is 10.8. The van der Waals surface area contributed by atoms with Gasteiger partial charge in [-0.1, -0.05) is 12.2 Å². The fourth-order valence-corrected chi connectivity index (χ4v) is 2.74. The van der Waals surface area contributed by atoms with Crippen LogP contribution in [0.15, 0.2) is 30.4 Å². The van der Waals surface area contributed by atoms with Crippen LogP contribution in [0.1, 0.15) is 29.6 Å². The minimum Gasteiger partial charge on any atom is -0.364 e. The van der Waals surface area contributed by atoms with Crippen LogP contribution >= 0.6 is 0 Å². The second-order valence-corrected chi connectivity index (χ2v) is 5.13. The number of amides is 1. The van der Waals surface area contributed by atoms with Crippen molar-refractivity contribution in [3.8, 4) is 0 Å². The molecule has 0 saturated carbocycles. The maximum absolute atomic E-state index is 12.1. The lowest BCUT2D eigenvalue weighted by Gasteiger charge is -2.34. The van der Waals surface area contributed by atoms with E-state index in [1.165, 1.54) is 12.1 Å². The van der Waals surface area contributed by atoms with Crippen LogP contribution in [0.3, 0.4) is 0 Å². The lowest BCUT2D eigenvalue weighted by molar-refractivity contribution is -0.384. The zero-order valence-corrected chi connectivity index (χ0v) is 10.8. The summed E-state index contributed by atoms with van der Waals surface area (Å²) in [6.45, 7) is 0. The van der Waals surface area contributed by atoms with Crippen molar-refractivity contribution in [2.45, 2.75) is 25.4 Å². The number of hydrogen-bond donors (Lipinski definition) is 2. The number of benzene rings is 1. The third-order valence-corrected chi connectivity index (χ3v) is 3.84. The highest BCUT2D eigenvalue weighted by molar-refractivity contribution is 6.02. The second kappa shape index (κ2) is 4.96. The number of nitro benzene ring substituents is 1. The summed E-state index contributed by atoms with van der Waals surface area (Å²) in [6.07, 6.45) is 7.15. The van der Waals surface area contributed by atoms with Crippen LogP contribution in [-0.2, 0) is 0 Å². The Morgan fingerprint density at radius 1 is 1.25 bits per heavy atom. The molecule has 0 saturated heterocycles. The Kier molecular flexibility index (Phi) is 3.14. The number of allylic oxidation sites excluding steroid dienone is 2. The molecule has 20 heavy (non-hydrogen) atoms. The number of non-ortho nitro benzene ring substituents is 1. The maximum Gasteiger partial charge on any atom is 0.270 e. The molecule has 1 heterocycles. The lowest BCUT2D eigenvalue weighted by atomic mass is 9.90. The van der Waals surface area contributed by atoms with Crippen molar-refractivity contribution in [2.75, 3.05) is 5.32 Å². The van der Waals surface area contributed by atoms with E-state index >= 15 is 0 Å². The van der Waals surface area contributed by atoms with Gasteiger partial charge in [-0.25, -0.2) is 0 Å². The van der Waals surface area contributed by atoms with E-state index in [4.69, 9.17) is 0 Å². The summed E-state index contributed by atoms with van der Waals surface area (Å²) in [7, 11) is 0. The van der Waals surface area contributed by atoms with Gasteiger partial charge >= 0.3 is 0 Å². The molecule has 2 N–H and O–H groups in total. The molecule has 0 bridgehead atoms. The van der Waals surface area contributed by atoms with Gasteiger partial charge in [0, 0.05) is 23.7 Å². The van der Waals surface area contributed by atoms with Crippen LogP contribution in [0.5, 0.6) is 0 Å². The predicted molar refractivity (Wildman–Crippen MR) is 74.5 cm³/mol. The molecule has 104 valence electrons. The van der Waals surface area contributed by atoms with E-state index in [0.717, 1.165) is 19.3 Å². The fourth-order valence-electron chi connectivity index (χ4n) is 2.74. The van der Waals surface area contributed by atoms with E-state index in [2.05, 4.69) is 22.8 Å². The summed E-state index contributed by atoms with van der Waals surface area (Å²) in [6, 6.07) is 4.34. The van der Waals surface area contributed by atoms with Crippen molar-refractivity contribution in [1.82, 2.24) is 5.32 Å². The molecule has 6 nitrogen and oxygen atoms in total. The van der Waals surface area contributed by atoms with Gasteiger partial charge < -0.3 is 10.6 Å². The number of fused-ring (bicyclic) bond motifs is 1. The van der Waals surface area contributed by atoms with E-state index in [1.807, 2.05) is 0 Å². The predicted octanol–water partition coefficient (Wildman–Crippen LogP) is 2.43. The van der Waals surface area contributed by atoms with Gasteiger partial charge in [-0.15, -0.1) is 0 Å². The molecule has 2 atom stereocenters. The van der Waals surface area contributed by atoms with E-state index < -0.39 is 4.92 Å². The maximum atomic E-state index is 12.1. The average molecular weight is 273 g/mol. The molecule has 0 spiro atoms. The SMILES string of the molecule is O=C1N[C@H]([C@H]2CC=CCC2)Nc2ccc([N+](=O)[O-])cc21. The van der Waals surface area contributed by atoms with Crippen molar-refractivity contribution < 1.29 is 9.72 Å². The Morgan fingerprint density at radius 3 is 2.80 bits per heavy atom. The highest BCUT2D eigenvalue weighted by Gasteiger charge is 2.30. The van der Waals surface area contributed by atoms with E-state index in [0.29, 0.717) is 17.2 Å². The largest absolute Gasteiger partial charge is 0.364 e. The molecule has 0 aromatic heterocycles. The summed E-state index contributed by atoms with van der Waals surface area (Å²) in [5, 5.41) is 16.9. The summed E-state index contributed by atoms with van der Waals surface area (Å²) in [5.74, 6) is 0.106. The zero-order chi connectivity index (χ0) is 14.1. The van der Waals surface area contributed by atoms with Gasteiger partial charge in [0.1, 0.15) is 6.17 Å². The molecule has 3 rings (SSSR count). The minimum absolute atomic E-state index is 0.0697. The Hall–Kier alpha value is -2.37. The Labute approximate surface area is 116 Å². The van der Waals surface area contributed by atoms with E-state index in [-0.39, 0.29) is 17.8 Å². The van der Waals surface area contributed by atoms with Gasteiger partial charge in [0.05, 0.1) is 10.5 Å². The van der Waals surface area contributed by atoms with Crippen LogP contribution in [0, 0.1) is 16.0 Å². The molecule has 0 fully saturated rings. The molecule has 1 amide bonds. The molecule has 0 radical (unpaired) electrons. The highest BCUT2D eigenvalue weighted by Crippen LogP contribution is 2.30. The molecular formula is C14H15N3O3. The first-order valence-electron chi connectivity index (χ1n) is 6.66. The lowest BCUT2D eigenvalue weighted by Crippen LogP contribution is -2.49. The van der Waals surface area contributed by atoms with Crippen molar-refractivity contribution in [1.29, 1.82) is 0 Å². The van der Waals surface area contributed by atoms with Crippen molar-refractivity contribution >= 4 is 17.3 Å². The summed E-state index contributed by atoms with van der Waals surface area (Å²) >= 11 is 0. The van der Waals surface area contributed by atoms with E-state index in [9.17, 15) is 14.9 Å². The number of carbonyl (C=O) groups is 1. The standard InChI is InChI=1S/C14H15N3O3/c18-14-11-8-10(17(19)20)6-7-12(11)15-13(16-14)9-4-2-1-3-5-9/h1-2,6-9,13,15H,3-5H2,(H,16,18)/t9-,13+/m0/s1. The molecule has 1 aromatic rings. The van der Waals surface area contributed by atoms with Gasteiger partial charge in [0.25, 0.3) is 11.6 Å². The van der Waals surface area contributed by atoms with Crippen molar-refractivity contribution in [2.24, 2.45) is 5.92 Å². The summed E-state index contributed by atoms with van der Waals surface area (Å²) in [4.78, 5) is 22.4. The Balaban J connectivity index is 1.86. The van der Waals surface area contributed by atoms with Gasteiger partial charge in [-0.3, -0.25) is 14.9 Å². The first-order valence-corrected chi connectivity index (χ1v) is 6.66. The van der Waals surface area contributed by atoms with Gasteiger partial charge in [-0.05, 0) is 25.3 Å². The number of carbonyl (C=O) groups excluding carboxylic acids is 1. The first-order chi connectivity index (χ1) is 9.65. The average Bonchev–Trinajstić information content (AvgIpc) is 2.47. The van der Waals surface area contributed by atoms with Gasteiger partial charge in [0.2, 0.25) is 0 Å². The highest BCUT2D eigenvalue weighted by atomic mass is 16.6. The Bertz CT molecular complexity index is 597. The third-order valence-electron chi connectivity index (χ3n) is 3.84. The molecular weight excluding hydrogens is 258 g/mol. The summed E-state index contributed by atoms with van der Waals surface area (Å²) < 4.78 is 0. The van der Waals surface area contributed by atoms with Crippen LogP contribution < -0.4 is 10.6 Å². The normalized spacial score (nSPS) is 24.5. The third kappa shape index (κ3) is 2.24. The number of anilines is 1. The smallest absolute Gasteiger partial charge is 0.270 e. The molecule has 1 aliphatic heterocycles. The van der Waals surface area contributed by atoms with Crippen LogP contribution in [0.2, 0.25) is 0 Å². The molecule has 1 aromatic carbocycles. The minimum atomic E-state index is -0.494. The molecule has 2 aliphatic rings. The number of rotatable bonds is 2.